The molecule has 3 aromatic rings. The third-order valence-corrected chi connectivity index (χ3v) is 4.97. The minimum atomic E-state index is -0.740. The number of nitrogens with one attached hydrogen (secondary N) is 1. The maximum absolute atomic E-state index is 13.0. The van der Waals surface area contributed by atoms with Crippen molar-refractivity contribution in [1.82, 2.24) is 9.78 Å². The highest BCUT2D eigenvalue weighted by molar-refractivity contribution is 5.94. The van der Waals surface area contributed by atoms with Gasteiger partial charge in [0.2, 0.25) is 5.91 Å². The van der Waals surface area contributed by atoms with Crippen molar-refractivity contribution >= 4 is 11.6 Å². The highest BCUT2D eigenvalue weighted by atomic mass is 16.6. The van der Waals surface area contributed by atoms with Crippen LogP contribution in [0.5, 0.6) is 11.5 Å². The number of fused-ring (bicyclic) bond motifs is 1. The van der Waals surface area contributed by atoms with Crippen LogP contribution in [0.4, 0.5) is 5.69 Å². The molecule has 0 bridgehead atoms. The van der Waals surface area contributed by atoms with E-state index >= 15 is 0 Å². The van der Waals surface area contributed by atoms with Gasteiger partial charge in [-0.3, -0.25) is 9.59 Å². The molecule has 0 radical (unpaired) electrons. The number of nitrogens with zero attached hydrogens (tertiary/aromatic N) is 2. The largest absolute Gasteiger partial charge is 0.486 e. The number of aromatic nitrogens is 2. The first kappa shape index (κ1) is 19.7. The molecule has 1 atom stereocenters. The van der Waals surface area contributed by atoms with Gasteiger partial charge in [-0.1, -0.05) is 36.8 Å². The van der Waals surface area contributed by atoms with Crippen LogP contribution in [-0.4, -0.2) is 28.9 Å². The Labute approximate surface area is 174 Å². The maximum atomic E-state index is 13.0. The number of rotatable bonds is 5. The van der Waals surface area contributed by atoms with E-state index in [1.807, 2.05) is 38.1 Å². The van der Waals surface area contributed by atoms with Gasteiger partial charge in [-0.25, -0.2) is 4.68 Å². The van der Waals surface area contributed by atoms with Gasteiger partial charge in [-0.05, 0) is 31.5 Å². The monoisotopic (exact) mass is 405 g/mol. The number of carbonyl (C=O) groups excluding carboxylic acids is 1. The Balaban J connectivity index is 1.60. The molecule has 0 saturated carbocycles. The molecule has 0 aliphatic carbocycles. The van der Waals surface area contributed by atoms with Gasteiger partial charge in [-0.2, -0.15) is 5.10 Å². The van der Waals surface area contributed by atoms with Crippen molar-refractivity contribution in [1.29, 1.82) is 0 Å². The molecule has 4 rings (SSSR count). The average Bonchev–Trinajstić information content (AvgIpc) is 2.76. The van der Waals surface area contributed by atoms with Crippen molar-refractivity contribution in [3.05, 3.63) is 70.5 Å². The Bertz CT molecular complexity index is 1120. The molecule has 2 aromatic carbocycles. The van der Waals surface area contributed by atoms with Gasteiger partial charge in [0.1, 0.15) is 19.3 Å². The van der Waals surface area contributed by atoms with E-state index in [0.717, 1.165) is 11.1 Å². The summed E-state index contributed by atoms with van der Waals surface area (Å²) in [6, 6.07) is 15.5. The zero-order valence-corrected chi connectivity index (χ0v) is 16.9. The summed E-state index contributed by atoms with van der Waals surface area (Å²) >= 11 is 0. The lowest BCUT2D eigenvalue weighted by atomic mass is 10.1. The molecule has 1 aliphatic heterocycles. The zero-order chi connectivity index (χ0) is 21.1. The first-order chi connectivity index (χ1) is 14.5. The second-order valence-electron chi connectivity index (χ2n) is 7.14. The Morgan fingerprint density at radius 3 is 2.53 bits per heavy atom. The fourth-order valence-corrected chi connectivity index (χ4v) is 3.34. The quantitative estimate of drug-likeness (QED) is 0.702. The number of ether oxygens (including phenoxy) is 2. The predicted octanol–water partition coefficient (Wildman–Crippen LogP) is 3.58. The zero-order valence-electron chi connectivity index (χ0n) is 16.9. The number of hydrogen-bond donors (Lipinski definition) is 1. The van der Waals surface area contributed by atoms with Crippen LogP contribution in [-0.2, 0) is 4.79 Å². The molecule has 154 valence electrons. The molecule has 2 heterocycles. The molecular weight excluding hydrogens is 382 g/mol. The number of aryl methyl sites for hydroxylation is 1. The van der Waals surface area contributed by atoms with Crippen LogP contribution in [0, 0.1) is 6.92 Å². The summed E-state index contributed by atoms with van der Waals surface area (Å²) in [5.74, 6) is 0.920. The number of carbonyl (C=O) groups is 1. The van der Waals surface area contributed by atoms with Crippen LogP contribution >= 0.6 is 0 Å². The van der Waals surface area contributed by atoms with Crippen LogP contribution in [0.1, 0.15) is 24.9 Å². The second-order valence-corrected chi connectivity index (χ2v) is 7.14. The first-order valence-electron chi connectivity index (χ1n) is 9.92. The fourth-order valence-electron chi connectivity index (χ4n) is 3.34. The van der Waals surface area contributed by atoms with Gasteiger partial charge >= 0.3 is 0 Å². The van der Waals surface area contributed by atoms with E-state index in [9.17, 15) is 9.59 Å². The molecule has 7 heteroatoms. The normalized spacial score (nSPS) is 13.5. The summed E-state index contributed by atoms with van der Waals surface area (Å²) in [6.45, 7) is 4.82. The summed E-state index contributed by atoms with van der Waals surface area (Å²) in [7, 11) is 0. The highest BCUT2D eigenvalue weighted by Gasteiger charge is 2.22. The van der Waals surface area contributed by atoms with E-state index in [2.05, 4.69) is 10.4 Å². The van der Waals surface area contributed by atoms with Crippen LogP contribution in [0.3, 0.4) is 0 Å². The summed E-state index contributed by atoms with van der Waals surface area (Å²) in [5.41, 5.74) is 2.91. The molecule has 1 aliphatic rings. The van der Waals surface area contributed by atoms with Crippen molar-refractivity contribution in [3.63, 3.8) is 0 Å². The lowest BCUT2D eigenvalue weighted by molar-refractivity contribution is -0.119. The molecule has 0 saturated heterocycles. The van der Waals surface area contributed by atoms with Crippen molar-refractivity contribution in [2.24, 2.45) is 0 Å². The van der Waals surface area contributed by atoms with E-state index in [1.54, 1.807) is 24.3 Å². The van der Waals surface area contributed by atoms with E-state index in [-0.39, 0.29) is 11.5 Å². The standard InChI is InChI=1S/C23H23N3O4/c1-3-19(23(28)24-17-8-10-20-21(14-17)30-13-12-29-20)26-22(27)11-9-18(25-26)16-6-4-15(2)5-7-16/h4-11,14,19H,3,12-13H2,1-2H3,(H,24,28)/t19-/m0/s1. The van der Waals surface area contributed by atoms with E-state index in [0.29, 0.717) is 42.5 Å². The summed E-state index contributed by atoms with van der Waals surface area (Å²) < 4.78 is 12.3. The molecule has 30 heavy (non-hydrogen) atoms. The third-order valence-electron chi connectivity index (χ3n) is 4.97. The van der Waals surface area contributed by atoms with E-state index in [4.69, 9.17) is 9.47 Å². The van der Waals surface area contributed by atoms with Crippen molar-refractivity contribution in [3.8, 4) is 22.8 Å². The lowest BCUT2D eigenvalue weighted by Crippen LogP contribution is -2.34. The lowest BCUT2D eigenvalue weighted by Gasteiger charge is -2.20. The molecule has 7 nitrogen and oxygen atoms in total. The van der Waals surface area contributed by atoms with E-state index < -0.39 is 6.04 Å². The molecule has 0 fully saturated rings. The topological polar surface area (TPSA) is 82.4 Å². The van der Waals surface area contributed by atoms with Gasteiger partial charge in [0.25, 0.3) is 5.56 Å². The van der Waals surface area contributed by atoms with Crippen LogP contribution in [0.2, 0.25) is 0 Å². The molecule has 1 N–H and O–H groups in total. The molecule has 1 amide bonds. The van der Waals surface area contributed by atoms with Gasteiger partial charge < -0.3 is 14.8 Å². The summed E-state index contributed by atoms with van der Waals surface area (Å²) in [4.78, 5) is 25.5. The summed E-state index contributed by atoms with van der Waals surface area (Å²) in [5, 5.41) is 7.34. The highest BCUT2D eigenvalue weighted by Crippen LogP contribution is 2.32. The minimum absolute atomic E-state index is 0.315. The van der Waals surface area contributed by atoms with Crippen LogP contribution in [0.15, 0.2) is 59.4 Å². The van der Waals surface area contributed by atoms with Gasteiger partial charge in [0.15, 0.2) is 11.5 Å². The Morgan fingerprint density at radius 2 is 1.80 bits per heavy atom. The minimum Gasteiger partial charge on any atom is -0.486 e. The molecular formula is C23H23N3O4. The number of amides is 1. The molecule has 0 spiro atoms. The van der Waals surface area contributed by atoms with Gasteiger partial charge in [-0.15, -0.1) is 0 Å². The molecule has 1 aromatic heterocycles. The average molecular weight is 405 g/mol. The SMILES string of the molecule is CC[C@@H](C(=O)Nc1ccc2c(c1)OCCO2)n1nc(-c2ccc(C)cc2)ccc1=O. The number of anilines is 1. The van der Waals surface area contributed by atoms with Gasteiger partial charge in [0, 0.05) is 23.4 Å². The van der Waals surface area contributed by atoms with Crippen molar-refractivity contribution < 1.29 is 14.3 Å². The molecule has 0 unspecified atom stereocenters. The Morgan fingerprint density at radius 1 is 1.07 bits per heavy atom. The fraction of sp³-hybridized carbons (Fsp3) is 0.261. The predicted molar refractivity (Wildman–Crippen MR) is 114 cm³/mol. The van der Waals surface area contributed by atoms with Crippen molar-refractivity contribution in [2.75, 3.05) is 18.5 Å². The summed E-state index contributed by atoms with van der Waals surface area (Å²) in [6.07, 6.45) is 0.417. The first-order valence-corrected chi connectivity index (χ1v) is 9.92. The third kappa shape index (κ3) is 4.05. The Kier molecular flexibility index (Phi) is 5.52. The van der Waals surface area contributed by atoms with Crippen LogP contribution in [0.25, 0.3) is 11.3 Å². The van der Waals surface area contributed by atoms with Crippen molar-refractivity contribution in [2.45, 2.75) is 26.3 Å². The van der Waals surface area contributed by atoms with Crippen LogP contribution < -0.4 is 20.3 Å². The smallest absolute Gasteiger partial charge is 0.267 e. The van der Waals surface area contributed by atoms with Gasteiger partial charge in [0.05, 0.1) is 5.69 Å². The number of hydrogen-bond acceptors (Lipinski definition) is 5. The second kappa shape index (κ2) is 8.41. The van der Waals surface area contributed by atoms with E-state index in [1.165, 1.54) is 10.7 Å². The number of benzene rings is 2. The maximum Gasteiger partial charge on any atom is 0.267 e. The Hall–Kier alpha value is -3.61.